The second-order valence-electron chi connectivity index (χ2n) is 7.04. The number of anilines is 1. The Labute approximate surface area is 188 Å². The SMILES string of the molecule is COc1ccc(C)cc1NC(=O)CNC(=O)CSc1nc2sc(C)c(C)c2c(=O)n1C. The lowest BCUT2D eigenvalue weighted by Gasteiger charge is -2.11. The van der Waals surface area contributed by atoms with Gasteiger partial charge in [0, 0.05) is 11.9 Å². The van der Waals surface area contributed by atoms with Crippen LogP contribution in [0.5, 0.6) is 5.75 Å². The van der Waals surface area contributed by atoms with Crippen LogP contribution in [0.25, 0.3) is 10.2 Å². The Morgan fingerprint density at radius 1 is 1.23 bits per heavy atom. The molecule has 0 fully saturated rings. The molecule has 0 aliphatic rings. The van der Waals surface area contributed by atoms with E-state index in [0.29, 0.717) is 26.8 Å². The Morgan fingerprint density at radius 3 is 2.68 bits per heavy atom. The first kappa shape index (κ1) is 22.8. The summed E-state index contributed by atoms with van der Waals surface area (Å²) in [5, 5.41) is 6.41. The molecular weight excluding hydrogens is 436 g/mol. The molecule has 2 N–H and O–H groups in total. The number of rotatable bonds is 7. The number of methoxy groups -OCH3 is 1. The van der Waals surface area contributed by atoms with Crippen LogP contribution in [0.2, 0.25) is 0 Å². The molecule has 0 atom stereocenters. The molecular formula is C21H24N4O4S2. The number of thiophene rings is 1. The van der Waals surface area contributed by atoms with Crippen LogP contribution < -0.4 is 20.9 Å². The van der Waals surface area contributed by atoms with Crippen molar-refractivity contribution < 1.29 is 14.3 Å². The van der Waals surface area contributed by atoms with Gasteiger partial charge in [0.2, 0.25) is 11.8 Å². The molecule has 2 amide bonds. The first-order valence-electron chi connectivity index (χ1n) is 9.52. The molecule has 0 spiro atoms. The van der Waals surface area contributed by atoms with E-state index < -0.39 is 0 Å². The number of amides is 2. The molecule has 8 nitrogen and oxygen atoms in total. The Morgan fingerprint density at radius 2 is 1.97 bits per heavy atom. The van der Waals surface area contributed by atoms with Crippen LogP contribution >= 0.6 is 23.1 Å². The summed E-state index contributed by atoms with van der Waals surface area (Å²) in [7, 11) is 3.17. The third-order valence-corrected chi connectivity index (χ3v) is 6.91. The smallest absolute Gasteiger partial charge is 0.262 e. The van der Waals surface area contributed by atoms with Crippen LogP contribution in [0.1, 0.15) is 16.0 Å². The van der Waals surface area contributed by atoms with E-state index >= 15 is 0 Å². The van der Waals surface area contributed by atoms with E-state index in [-0.39, 0.29) is 29.7 Å². The molecule has 3 rings (SSSR count). The zero-order chi connectivity index (χ0) is 22.7. The molecule has 0 bridgehead atoms. The quantitative estimate of drug-likeness (QED) is 0.415. The zero-order valence-electron chi connectivity index (χ0n) is 18.0. The van der Waals surface area contributed by atoms with Gasteiger partial charge in [-0.1, -0.05) is 17.8 Å². The van der Waals surface area contributed by atoms with E-state index in [0.717, 1.165) is 27.8 Å². The van der Waals surface area contributed by atoms with Gasteiger partial charge < -0.3 is 15.4 Å². The van der Waals surface area contributed by atoms with Gasteiger partial charge in [-0.3, -0.25) is 19.0 Å². The summed E-state index contributed by atoms with van der Waals surface area (Å²) in [5.41, 5.74) is 2.34. The molecule has 0 radical (unpaired) electrons. The first-order valence-corrected chi connectivity index (χ1v) is 11.3. The van der Waals surface area contributed by atoms with Gasteiger partial charge in [0.15, 0.2) is 5.16 Å². The van der Waals surface area contributed by atoms with E-state index in [2.05, 4.69) is 15.6 Å². The number of ether oxygens (including phenoxy) is 1. The summed E-state index contributed by atoms with van der Waals surface area (Å²) in [5.74, 6) is -0.110. The maximum atomic E-state index is 12.6. The maximum absolute atomic E-state index is 12.6. The molecule has 1 aromatic carbocycles. The van der Waals surface area contributed by atoms with E-state index in [1.165, 1.54) is 23.0 Å². The van der Waals surface area contributed by atoms with Crippen LogP contribution in [-0.2, 0) is 16.6 Å². The predicted octanol–water partition coefficient (Wildman–Crippen LogP) is 2.78. The highest BCUT2D eigenvalue weighted by Crippen LogP contribution is 2.28. The fourth-order valence-electron chi connectivity index (χ4n) is 2.96. The Hall–Kier alpha value is -2.85. The van der Waals surface area contributed by atoms with Crippen molar-refractivity contribution in [3.63, 3.8) is 0 Å². The number of carbonyl (C=O) groups is 2. The van der Waals surface area contributed by atoms with Gasteiger partial charge in [-0.2, -0.15) is 0 Å². The second-order valence-corrected chi connectivity index (χ2v) is 9.18. The molecule has 164 valence electrons. The average molecular weight is 461 g/mol. The molecule has 0 saturated heterocycles. The third-order valence-electron chi connectivity index (χ3n) is 4.78. The normalized spacial score (nSPS) is 10.9. The number of hydrogen-bond acceptors (Lipinski definition) is 7. The first-order chi connectivity index (χ1) is 14.7. The van der Waals surface area contributed by atoms with Gasteiger partial charge in [-0.05, 0) is 44.0 Å². The van der Waals surface area contributed by atoms with Crippen molar-refractivity contribution in [2.24, 2.45) is 7.05 Å². The number of fused-ring (bicyclic) bond motifs is 1. The van der Waals surface area contributed by atoms with E-state index in [4.69, 9.17) is 4.74 Å². The van der Waals surface area contributed by atoms with Gasteiger partial charge in [0.25, 0.3) is 5.56 Å². The van der Waals surface area contributed by atoms with Crippen molar-refractivity contribution in [3.05, 3.63) is 44.6 Å². The lowest BCUT2D eigenvalue weighted by atomic mass is 10.2. The lowest BCUT2D eigenvalue weighted by molar-refractivity contribution is -0.122. The van der Waals surface area contributed by atoms with Crippen LogP contribution in [-0.4, -0.2) is 40.8 Å². The van der Waals surface area contributed by atoms with Gasteiger partial charge in [0.05, 0.1) is 30.5 Å². The minimum absolute atomic E-state index is 0.0379. The standard InChI is InChI=1S/C21H24N4O4S2/c1-11-6-7-15(29-5)14(8-11)23-16(26)9-22-17(27)10-30-21-24-19-18(20(28)25(21)4)12(2)13(3)31-19/h6-8H,9-10H2,1-5H3,(H,22,27)(H,23,26). The number of aromatic nitrogens is 2. The number of aryl methyl sites for hydroxylation is 3. The van der Waals surface area contributed by atoms with Crippen molar-refractivity contribution in [1.29, 1.82) is 0 Å². The van der Waals surface area contributed by atoms with Gasteiger partial charge in [-0.15, -0.1) is 11.3 Å². The van der Waals surface area contributed by atoms with Crippen LogP contribution in [0.15, 0.2) is 28.2 Å². The monoisotopic (exact) mass is 460 g/mol. The minimum Gasteiger partial charge on any atom is -0.495 e. The summed E-state index contributed by atoms with van der Waals surface area (Å²) in [6.45, 7) is 5.60. The number of nitrogens with zero attached hydrogens (tertiary/aromatic N) is 2. The number of carbonyl (C=O) groups excluding carboxylic acids is 2. The maximum Gasteiger partial charge on any atom is 0.262 e. The Bertz CT molecular complexity index is 1220. The fourth-order valence-corrected chi connectivity index (χ4v) is 4.83. The Balaban J connectivity index is 1.58. The topological polar surface area (TPSA) is 102 Å². The predicted molar refractivity (Wildman–Crippen MR) is 124 cm³/mol. The molecule has 0 aliphatic carbocycles. The van der Waals surface area contributed by atoms with Crippen molar-refractivity contribution in [2.75, 3.05) is 24.7 Å². The number of nitrogens with one attached hydrogen (secondary N) is 2. The molecule has 0 aliphatic heterocycles. The average Bonchev–Trinajstić information content (AvgIpc) is 3.01. The third kappa shape index (κ3) is 5.08. The molecule has 3 aromatic rings. The molecule has 31 heavy (non-hydrogen) atoms. The summed E-state index contributed by atoms with van der Waals surface area (Å²) in [6, 6.07) is 5.45. The van der Waals surface area contributed by atoms with Crippen molar-refractivity contribution in [3.8, 4) is 5.75 Å². The highest BCUT2D eigenvalue weighted by molar-refractivity contribution is 7.99. The number of hydrogen-bond donors (Lipinski definition) is 2. The van der Waals surface area contributed by atoms with E-state index in [9.17, 15) is 14.4 Å². The number of thioether (sulfide) groups is 1. The van der Waals surface area contributed by atoms with E-state index in [1.807, 2.05) is 26.8 Å². The Kier molecular flexibility index (Phi) is 7.01. The minimum atomic E-state index is -0.362. The van der Waals surface area contributed by atoms with Gasteiger partial charge in [-0.25, -0.2) is 4.98 Å². The zero-order valence-corrected chi connectivity index (χ0v) is 19.6. The van der Waals surface area contributed by atoms with Gasteiger partial charge in [0.1, 0.15) is 10.6 Å². The number of benzene rings is 1. The summed E-state index contributed by atoms with van der Waals surface area (Å²) in [6.07, 6.45) is 0. The summed E-state index contributed by atoms with van der Waals surface area (Å²) < 4.78 is 6.69. The highest BCUT2D eigenvalue weighted by atomic mass is 32.2. The second kappa shape index (κ2) is 9.52. The highest BCUT2D eigenvalue weighted by Gasteiger charge is 2.16. The molecule has 0 saturated carbocycles. The molecule has 2 heterocycles. The summed E-state index contributed by atoms with van der Waals surface area (Å²) >= 11 is 2.63. The summed E-state index contributed by atoms with van der Waals surface area (Å²) in [4.78, 5) is 43.3. The largest absolute Gasteiger partial charge is 0.495 e. The van der Waals surface area contributed by atoms with Crippen LogP contribution in [0.3, 0.4) is 0 Å². The lowest BCUT2D eigenvalue weighted by Crippen LogP contribution is -2.34. The van der Waals surface area contributed by atoms with Gasteiger partial charge >= 0.3 is 0 Å². The molecule has 0 unspecified atom stereocenters. The van der Waals surface area contributed by atoms with Crippen molar-refractivity contribution in [2.45, 2.75) is 25.9 Å². The van der Waals surface area contributed by atoms with Crippen molar-refractivity contribution in [1.82, 2.24) is 14.9 Å². The van der Waals surface area contributed by atoms with Crippen LogP contribution in [0, 0.1) is 20.8 Å². The van der Waals surface area contributed by atoms with Crippen LogP contribution in [0.4, 0.5) is 5.69 Å². The molecule has 10 heteroatoms. The van der Waals surface area contributed by atoms with E-state index in [1.54, 1.807) is 19.2 Å². The fraction of sp³-hybridized carbons (Fsp3) is 0.333. The molecule has 2 aromatic heterocycles. The van der Waals surface area contributed by atoms with Crippen molar-refractivity contribution >= 4 is 50.8 Å².